The first kappa shape index (κ1) is 12.4. The number of carbonyl (C=O) groups excluding carboxylic acids is 2. The number of piperidine rings is 1. The Balaban J connectivity index is 1.86. The highest BCUT2D eigenvalue weighted by molar-refractivity contribution is 5.80. The fourth-order valence-corrected chi connectivity index (χ4v) is 2.81. The van der Waals surface area contributed by atoms with Gasteiger partial charge in [0.05, 0.1) is 0 Å². The van der Waals surface area contributed by atoms with E-state index in [0.29, 0.717) is 18.8 Å². The van der Waals surface area contributed by atoms with Gasteiger partial charge in [0.25, 0.3) is 0 Å². The van der Waals surface area contributed by atoms with Crippen LogP contribution in [0.2, 0.25) is 0 Å². The van der Waals surface area contributed by atoms with Gasteiger partial charge in [-0.2, -0.15) is 0 Å². The van der Waals surface area contributed by atoms with Crippen LogP contribution in [-0.4, -0.2) is 35.3 Å². The van der Waals surface area contributed by atoms with E-state index in [1.807, 2.05) is 4.90 Å². The fourth-order valence-electron chi connectivity index (χ4n) is 2.81. The molecule has 96 valence electrons. The molecule has 1 spiro atoms. The highest BCUT2D eigenvalue weighted by Crippen LogP contribution is 2.31. The highest BCUT2D eigenvalue weighted by atomic mass is 16.2. The summed E-state index contributed by atoms with van der Waals surface area (Å²) in [5, 5.41) is 3.09. The van der Waals surface area contributed by atoms with Gasteiger partial charge in [-0.15, -0.1) is 0 Å². The third-order valence-corrected chi connectivity index (χ3v) is 3.89. The van der Waals surface area contributed by atoms with Crippen molar-refractivity contribution in [1.82, 2.24) is 10.2 Å². The minimum atomic E-state index is 0.00565. The highest BCUT2D eigenvalue weighted by Gasteiger charge is 2.40. The summed E-state index contributed by atoms with van der Waals surface area (Å²) in [4.78, 5) is 25.2. The molecule has 0 aromatic heterocycles. The molecule has 0 aromatic rings. The summed E-state index contributed by atoms with van der Waals surface area (Å²) < 4.78 is 0. The smallest absolute Gasteiger partial charge is 0.222 e. The average molecular weight is 238 g/mol. The van der Waals surface area contributed by atoms with Gasteiger partial charge in [0, 0.05) is 31.5 Å². The molecule has 0 bridgehead atoms. The Morgan fingerprint density at radius 3 is 2.47 bits per heavy atom. The van der Waals surface area contributed by atoms with Crippen molar-refractivity contribution in [2.24, 2.45) is 5.92 Å². The van der Waals surface area contributed by atoms with E-state index in [0.717, 1.165) is 32.4 Å². The zero-order chi connectivity index (χ0) is 12.5. The Hall–Kier alpha value is -1.06. The molecule has 2 aliphatic rings. The van der Waals surface area contributed by atoms with Gasteiger partial charge in [0.15, 0.2) is 0 Å². The van der Waals surface area contributed by atoms with Gasteiger partial charge in [0.2, 0.25) is 11.8 Å². The second-order valence-electron chi connectivity index (χ2n) is 5.81. The minimum absolute atomic E-state index is 0.00565. The molecule has 0 atom stereocenters. The average Bonchev–Trinajstić information content (AvgIpc) is 2.60. The van der Waals surface area contributed by atoms with Crippen molar-refractivity contribution in [3.05, 3.63) is 0 Å². The molecule has 17 heavy (non-hydrogen) atoms. The van der Waals surface area contributed by atoms with Crippen LogP contribution in [0.5, 0.6) is 0 Å². The van der Waals surface area contributed by atoms with Crippen molar-refractivity contribution < 1.29 is 9.59 Å². The summed E-state index contributed by atoms with van der Waals surface area (Å²) in [7, 11) is 0. The SMILES string of the molecule is CC(C)CC(=O)N1CCC2(CCC(=O)N2)CC1. The third-order valence-electron chi connectivity index (χ3n) is 3.89. The Labute approximate surface area is 103 Å². The van der Waals surface area contributed by atoms with E-state index in [9.17, 15) is 9.59 Å². The molecule has 2 amide bonds. The van der Waals surface area contributed by atoms with Crippen LogP contribution in [0.4, 0.5) is 0 Å². The number of nitrogens with zero attached hydrogens (tertiary/aromatic N) is 1. The van der Waals surface area contributed by atoms with Crippen molar-refractivity contribution in [3.8, 4) is 0 Å². The maximum Gasteiger partial charge on any atom is 0.222 e. The molecule has 0 unspecified atom stereocenters. The van der Waals surface area contributed by atoms with Gasteiger partial charge in [-0.25, -0.2) is 0 Å². The first-order valence-corrected chi connectivity index (χ1v) is 6.60. The van der Waals surface area contributed by atoms with E-state index in [-0.39, 0.29) is 17.4 Å². The summed E-state index contributed by atoms with van der Waals surface area (Å²) in [5.41, 5.74) is 0.00565. The Morgan fingerprint density at radius 1 is 1.35 bits per heavy atom. The van der Waals surface area contributed by atoms with E-state index in [1.54, 1.807) is 0 Å². The van der Waals surface area contributed by atoms with Crippen LogP contribution in [0, 0.1) is 5.92 Å². The van der Waals surface area contributed by atoms with E-state index in [1.165, 1.54) is 0 Å². The summed E-state index contributed by atoms with van der Waals surface area (Å²) in [6.45, 7) is 5.73. The molecule has 2 rings (SSSR count). The molecule has 0 aromatic carbocycles. The number of rotatable bonds is 2. The topological polar surface area (TPSA) is 49.4 Å². The monoisotopic (exact) mass is 238 g/mol. The van der Waals surface area contributed by atoms with E-state index in [2.05, 4.69) is 19.2 Å². The van der Waals surface area contributed by atoms with E-state index >= 15 is 0 Å². The predicted molar refractivity (Wildman–Crippen MR) is 65.4 cm³/mol. The van der Waals surface area contributed by atoms with Crippen molar-refractivity contribution in [2.45, 2.75) is 51.5 Å². The molecular weight excluding hydrogens is 216 g/mol. The maximum atomic E-state index is 11.9. The van der Waals surface area contributed by atoms with Crippen LogP contribution < -0.4 is 5.32 Å². The zero-order valence-corrected chi connectivity index (χ0v) is 10.8. The first-order valence-electron chi connectivity index (χ1n) is 6.60. The zero-order valence-electron chi connectivity index (χ0n) is 10.8. The van der Waals surface area contributed by atoms with Crippen LogP contribution in [0.25, 0.3) is 0 Å². The predicted octanol–water partition coefficient (Wildman–Crippen LogP) is 1.30. The largest absolute Gasteiger partial charge is 0.351 e. The Bertz CT molecular complexity index is 317. The molecule has 4 heteroatoms. The van der Waals surface area contributed by atoms with E-state index in [4.69, 9.17) is 0 Å². The molecule has 1 N–H and O–H groups in total. The molecular formula is C13H22N2O2. The van der Waals surface area contributed by atoms with E-state index < -0.39 is 0 Å². The molecule has 2 saturated heterocycles. The van der Waals surface area contributed by atoms with Crippen LogP contribution >= 0.6 is 0 Å². The normalized spacial score (nSPS) is 23.2. The fraction of sp³-hybridized carbons (Fsp3) is 0.846. The van der Waals surface area contributed by atoms with Crippen molar-refractivity contribution in [2.75, 3.05) is 13.1 Å². The molecule has 4 nitrogen and oxygen atoms in total. The van der Waals surface area contributed by atoms with Gasteiger partial charge in [-0.1, -0.05) is 13.8 Å². The second-order valence-corrected chi connectivity index (χ2v) is 5.81. The number of likely N-dealkylation sites (tertiary alicyclic amines) is 1. The molecule has 2 heterocycles. The standard InChI is InChI=1S/C13H22N2O2/c1-10(2)9-12(17)15-7-5-13(6-8-15)4-3-11(16)14-13/h10H,3-9H2,1-2H3,(H,14,16). The van der Waals surface area contributed by atoms with Gasteiger partial charge in [-0.3, -0.25) is 9.59 Å². The van der Waals surface area contributed by atoms with Crippen LogP contribution in [0.3, 0.4) is 0 Å². The van der Waals surface area contributed by atoms with Crippen molar-refractivity contribution in [3.63, 3.8) is 0 Å². The molecule has 0 aliphatic carbocycles. The summed E-state index contributed by atoms with van der Waals surface area (Å²) in [5.74, 6) is 0.857. The van der Waals surface area contributed by atoms with Crippen molar-refractivity contribution >= 4 is 11.8 Å². The summed E-state index contributed by atoms with van der Waals surface area (Å²) >= 11 is 0. The molecule has 2 aliphatic heterocycles. The maximum absolute atomic E-state index is 11.9. The number of nitrogens with one attached hydrogen (secondary N) is 1. The number of amides is 2. The summed E-state index contributed by atoms with van der Waals surface area (Å²) in [6.07, 6.45) is 4.07. The third kappa shape index (κ3) is 2.79. The Kier molecular flexibility index (Phi) is 3.40. The quantitative estimate of drug-likeness (QED) is 0.788. The number of hydrogen-bond acceptors (Lipinski definition) is 2. The lowest BCUT2D eigenvalue weighted by atomic mass is 9.86. The first-order chi connectivity index (χ1) is 8.01. The second kappa shape index (κ2) is 4.67. The summed E-state index contributed by atoms with van der Waals surface area (Å²) in [6, 6.07) is 0. The lowest BCUT2D eigenvalue weighted by Gasteiger charge is -2.39. The van der Waals surface area contributed by atoms with Gasteiger partial charge >= 0.3 is 0 Å². The van der Waals surface area contributed by atoms with Gasteiger partial charge in [0.1, 0.15) is 0 Å². The van der Waals surface area contributed by atoms with Crippen LogP contribution in [0.1, 0.15) is 46.0 Å². The number of hydrogen-bond donors (Lipinski definition) is 1. The number of carbonyl (C=O) groups is 2. The lowest BCUT2D eigenvalue weighted by Crippen LogP contribution is -2.52. The molecule has 0 radical (unpaired) electrons. The van der Waals surface area contributed by atoms with Gasteiger partial charge < -0.3 is 10.2 Å². The molecule has 0 saturated carbocycles. The van der Waals surface area contributed by atoms with Gasteiger partial charge in [-0.05, 0) is 25.2 Å². The van der Waals surface area contributed by atoms with Crippen molar-refractivity contribution in [1.29, 1.82) is 0 Å². The minimum Gasteiger partial charge on any atom is -0.351 e. The van der Waals surface area contributed by atoms with Crippen LogP contribution in [-0.2, 0) is 9.59 Å². The Morgan fingerprint density at radius 2 is 2.00 bits per heavy atom. The molecule has 2 fully saturated rings. The van der Waals surface area contributed by atoms with Crippen LogP contribution in [0.15, 0.2) is 0 Å². The lowest BCUT2D eigenvalue weighted by molar-refractivity contribution is -0.133.